The largest absolute Gasteiger partial charge is 0.483 e. The van der Waals surface area contributed by atoms with E-state index in [1.807, 2.05) is 4.72 Å². The van der Waals surface area contributed by atoms with Gasteiger partial charge in [0.1, 0.15) is 18.2 Å². The number of rotatable bonds is 11. The molecule has 2 saturated heterocycles. The minimum atomic E-state index is -3.72. The maximum atomic E-state index is 13.9. The van der Waals surface area contributed by atoms with Crippen LogP contribution in [-0.2, 0) is 27.9 Å². The first kappa shape index (κ1) is 33.1. The molecule has 4 aromatic rings. The lowest BCUT2D eigenvalue weighted by atomic mass is 10.0. The fourth-order valence-electron chi connectivity index (χ4n) is 5.68. The SMILES string of the molecule is C[C@H]([C@@H]1CCO1)n1c(CN2CCC(S)(Oc3ccnc(COc4ccc(F)cc4F)n3)CC2)nc2ccc(C(=O)NS(C)(=O)=O)cc21. The first-order valence-electron chi connectivity index (χ1n) is 15.0. The molecule has 0 saturated carbocycles. The number of nitrogens with one attached hydrogen (secondary N) is 1. The molecule has 1 amide bonds. The number of fused-ring (bicyclic) bond motifs is 1. The molecule has 2 aliphatic rings. The summed E-state index contributed by atoms with van der Waals surface area (Å²) >= 11 is 4.85. The maximum absolute atomic E-state index is 13.9. The van der Waals surface area contributed by atoms with Crippen molar-refractivity contribution in [1.29, 1.82) is 0 Å². The minimum Gasteiger partial charge on any atom is -0.483 e. The van der Waals surface area contributed by atoms with Crippen LogP contribution in [-0.4, -0.2) is 75.7 Å². The molecule has 0 aliphatic carbocycles. The molecule has 2 aliphatic heterocycles. The van der Waals surface area contributed by atoms with Crippen LogP contribution in [0.25, 0.3) is 11.0 Å². The highest BCUT2D eigenvalue weighted by Gasteiger charge is 2.35. The normalized spacial score (nSPS) is 18.8. The Kier molecular flexibility index (Phi) is 9.38. The van der Waals surface area contributed by atoms with E-state index < -0.39 is 32.5 Å². The minimum absolute atomic E-state index is 0.00244. The van der Waals surface area contributed by atoms with Crippen molar-refractivity contribution < 1.29 is 36.2 Å². The fraction of sp³-hybridized carbons (Fsp3) is 0.419. The highest BCUT2D eigenvalue weighted by Crippen LogP contribution is 2.34. The number of hydrogen-bond donors (Lipinski definition) is 2. The lowest BCUT2D eigenvalue weighted by Gasteiger charge is -2.38. The first-order chi connectivity index (χ1) is 22.4. The third-order valence-corrected chi connectivity index (χ3v) is 9.30. The molecule has 2 aromatic carbocycles. The number of benzene rings is 2. The van der Waals surface area contributed by atoms with E-state index in [0.29, 0.717) is 50.5 Å². The average Bonchev–Trinajstić information content (AvgIpc) is 3.33. The van der Waals surface area contributed by atoms with Crippen molar-refractivity contribution in [3.05, 3.63) is 77.5 Å². The fourth-order valence-corrected chi connectivity index (χ4v) is 6.42. The zero-order valence-corrected chi connectivity index (χ0v) is 27.4. The predicted molar refractivity (Wildman–Crippen MR) is 171 cm³/mol. The molecular formula is C31H34F2N6O6S2. The highest BCUT2D eigenvalue weighted by atomic mass is 32.2. The number of sulfonamides is 1. The van der Waals surface area contributed by atoms with E-state index in [0.717, 1.165) is 36.2 Å². The van der Waals surface area contributed by atoms with Gasteiger partial charge >= 0.3 is 0 Å². The molecule has 0 unspecified atom stereocenters. The van der Waals surface area contributed by atoms with Gasteiger partial charge in [0.05, 0.1) is 36.0 Å². The summed E-state index contributed by atoms with van der Waals surface area (Å²) in [5, 5.41) is 0. The van der Waals surface area contributed by atoms with Crippen LogP contribution in [0.15, 0.2) is 48.7 Å². The number of thiol groups is 1. The summed E-state index contributed by atoms with van der Waals surface area (Å²) in [4.78, 5) is 27.5. The maximum Gasteiger partial charge on any atom is 0.264 e. The van der Waals surface area contributed by atoms with Gasteiger partial charge in [-0.2, -0.15) is 4.98 Å². The number of ether oxygens (including phenoxy) is 3. The number of halogens is 2. The Morgan fingerprint density at radius 3 is 2.62 bits per heavy atom. The van der Waals surface area contributed by atoms with E-state index >= 15 is 0 Å². The molecule has 6 rings (SSSR count). The molecule has 0 spiro atoms. The van der Waals surface area contributed by atoms with Gasteiger partial charge in [0.2, 0.25) is 15.9 Å². The smallest absolute Gasteiger partial charge is 0.264 e. The van der Waals surface area contributed by atoms with Crippen molar-refractivity contribution >= 4 is 39.6 Å². The van der Waals surface area contributed by atoms with E-state index in [1.165, 1.54) is 12.3 Å². The molecule has 2 aromatic heterocycles. The van der Waals surface area contributed by atoms with Crippen LogP contribution in [0.4, 0.5) is 8.78 Å². The summed E-state index contributed by atoms with van der Waals surface area (Å²) in [6, 6.07) is 9.56. The van der Waals surface area contributed by atoms with Crippen LogP contribution >= 0.6 is 12.6 Å². The topological polar surface area (TPSA) is 138 Å². The van der Waals surface area contributed by atoms with Crippen LogP contribution in [0.3, 0.4) is 0 Å². The summed E-state index contributed by atoms with van der Waals surface area (Å²) in [6.45, 7) is 4.42. The zero-order valence-electron chi connectivity index (χ0n) is 25.7. The Morgan fingerprint density at radius 2 is 1.94 bits per heavy atom. The molecule has 1 N–H and O–H groups in total. The molecule has 12 nitrogen and oxygen atoms in total. The summed E-state index contributed by atoms with van der Waals surface area (Å²) in [5.41, 5.74) is 1.63. The van der Waals surface area contributed by atoms with Crippen molar-refractivity contribution in [2.24, 2.45) is 0 Å². The number of likely N-dealkylation sites (tertiary alicyclic amines) is 1. The monoisotopic (exact) mass is 688 g/mol. The van der Waals surface area contributed by atoms with Crippen molar-refractivity contribution in [1.82, 2.24) is 29.1 Å². The first-order valence-corrected chi connectivity index (χ1v) is 17.4. The third-order valence-electron chi connectivity index (χ3n) is 8.21. The molecule has 4 heterocycles. The Morgan fingerprint density at radius 1 is 1.17 bits per heavy atom. The van der Waals surface area contributed by atoms with Crippen molar-refractivity contribution in [3.8, 4) is 11.6 Å². The second kappa shape index (κ2) is 13.3. The van der Waals surface area contributed by atoms with Gasteiger partial charge in [-0.3, -0.25) is 9.69 Å². The van der Waals surface area contributed by atoms with Gasteiger partial charge < -0.3 is 18.8 Å². The van der Waals surface area contributed by atoms with Crippen LogP contribution in [0, 0.1) is 11.6 Å². The van der Waals surface area contributed by atoms with Crippen molar-refractivity contribution in [2.45, 2.75) is 56.4 Å². The second-order valence-corrected chi connectivity index (χ2v) is 14.3. The van der Waals surface area contributed by atoms with Crippen LogP contribution in [0.2, 0.25) is 0 Å². The summed E-state index contributed by atoms with van der Waals surface area (Å²) in [6.07, 6.45) is 4.50. The van der Waals surface area contributed by atoms with Gasteiger partial charge in [0.25, 0.3) is 5.91 Å². The number of aromatic nitrogens is 4. The molecule has 0 bridgehead atoms. The number of hydrogen-bond acceptors (Lipinski definition) is 11. The second-order valence-electron chi connectivity index (χ2n) is 11.7. The van der Waals surface area contributed by atoms with E-state index in [9.17, 15) is 22.0 Å². The van der Waals surface area contributed by atoms with E-state index in [1.54, 1.807) is 24.3 Å². The van der Waals surface area contributed by atoms with Gasteiger partial charge in [-0.15, -0.1) is 12.6 Å². The lowest BCUT2D eigenvalue weighted by Crippen LogP contribution is -2.45. The molecule has 0 radical (unpaired) electrons. The summed E-state index contributed by atoms with van der Waals surface area (Å²) in [5.74, 6) is -0.968. The summed E-state index contributed by atoms with van der Waals surface area (Å²) < 4.78 is 72.0. The van der Waals surface area contributed by atoms with Gasteiger partial charge in [0.15, 0.2) is 22.3 Å². The van der Waals surface area contributed by atoms with Gasteiger partial charge in [-0.05, 0) is 43.7 Å². The average molecular weight is 689 g/mol. The standard InChI is InChI=1S/C31H34F2N6O6S2/c1-19(25-8-14-43-25)39-24-15-20(30(40)37-47(2,41)42)3-5-23(24)35-28(39)17-38-12-9-31(46,10-13-38)45-29-7-11-34-27(36-29)18-44-26-6-4-21(32)16-22(26)33/h3-7,11,15-16,19,25,46H,8-10,12-14,17-18H2,1-2H3,(H,37,40)/t19-,25+/m1/s1. The van der Waals surface area contributed by atoms with Crippen molar-refractivity contribution in [2.75, 3.05) is 26.0 Å². The van der Waals surface area contributed by atoms with Gasteiger partial charge in [0, 0.05) is 56.4 Å². The Hall–Kier alpha value is -3.86. The Bertz CT molecular complexity index is 1900. The van der Waals surface area contributed by atoms with Crippen molar-refractivity contribution in [3.63, 3.8) is 0 Å². The number of carbonyl (C=O) groups is 1. The molecular weight excluding hydrogens is 655 g/mol. The summed E-state index contributed by atoms with van der Waals surface area (Å²) in [7, 11) is -3.72. The van der Waals surface area contributed by atoms with E-state index in [-0.39, 0.29) is 35.9 Å². The number of piperidine rings is 1. The lowest BCUT2D eigenvalue weighted by molar-refractivity contribution is -0.0762. The molecule has 2 fully saturated rings. The van der Waals surface area contributed by atoms with Crippen LogP contribution in [0.1, 0.15) is 54.2 Å². The van der Waals surface area contributed by atoms with Gasteiger partial charge in [-0.25, -0.2) is 31.9 Å². The number of amides is 1. The predicted octanol–water partition coefficient (Wildman–Crippen LogP) is 4.02. The van der Waals surface area contributed by atoms with Crippen LogP contribution < -0.4 is 14.2 Å². The van der Waals surface area contributed by atoms with E-state index in [4.69, 9.17) is 31.8 Å². The van der Waals surface area contributed by atoms with Crippen LogP contribution in [0.5, 0.6) is 11.6 Å². The number of imidazole rings is 1. The molecule has 16 heteroatoms. The zero-order chi connectivity index (χ0) is 33.3. The Labute approximate surface area is 275 Å². The molecule has 250 valence electrons. The number of carbonyl (C=O) groups excluding carboxylic acids is 1. The Balaban J connectivity index is 1.13. The quantitative estimate of drug-likeness (QED) is 0.176. The van der Waals surface area contributed by atoms with E-state index in [2.05, 4.69) is 26.4 Å². The molecule has 47 heavy (non-hydrogen) atoms. The molecule has 2 atom stereocenters. The van der Waals surface area contributed by atoms with Gasteiger partial charge in [-0.1, -0.05) is 0 Å². The third kappa shape index (κ3) is 7.83. The number of nitrogens with zero attached hydrogens (tertiary/aromatic N) is 5. The highest BCUT2D eigenvalue weighted by molar-refractivity contribution is 7.89.